The van der Waals surface area contributed by atoms with Crippen molar-refractivity contribution in [1.29, 1.82) is 0 Å². The molecule has 0 aromatic carbocycles. The zero-order chi connectivity index (χ0) is 5.98. The van der Waals surface area contributed by atoms with Gasteiger partial charge in [0, 0.05) is 5.92 Å². The molecule has 1 rings (SSSR count). The van der Waals surface area contributed by atoms with E-state index in [1.54, 1.807) is 0 Å². The van der Waals surface area contributed by atoms with E-state index in [2.05, 4.69) is 6.58 Å². The molecule has 1 fully saturated rings. The van der Waals surface area contributed by atoms with Gasteiger partial charge in [-0.3, -0.25) is 0 Å². The van der Waals surface area contributed by atoms with E-state index in [9.17, 15) is 0 Å². The van der Waals surface area contributed by atoms with Gasteiger partial charge >= 0.3 is 0 Å². The van der Waals surface area contributed by atoms with Crippen LogP contribution in [-0.4, -0.2) is 11.2 Å². The molecule has 1 aliphatic carbocycles. The normalized spacial score (nSPS) is 37.6. The molecule has 0 saturated heterocycles. The van der Waals surface area contributed by atoms with Crippen LogP contribution in [0.4, 0.5) is 0 Å². The molecular formula is C7H12O. The van der Waals surface area contributed by atoms with Crippen LogP contribution in [0.2, 0.25) is 0 Å². The van der Waals surface area contributed by atoms with Gasteiger partial charge in [-0.05, 0) is 12.8 Å². The van der Waals surface area contributed by atoms with E-state index >= 15 is 0 Å². The predicted octanol–water partition coefficient (Wildman–Crippen LogP) is 1.33. The molecule has 0 bridgehead atoms. The molecule has 0 amide bonds. The number of hydrogen-bond donors (Lipinski definition) is 1. The molecule has 0 aromatic heterocycles. The summed E-state index contributed by atoms with van der Waals surface area (Å²) in [6.45, 7) is 3.63. The Morgan fingerprint density at radius 1 is 1.50 bits per heavy atom. The van der Waals surface area contributed by atoms with Gasteiger partial charge in [-0.1, -0.05) is 12.5 Å². The van der Waals surface area contributed by atoms with Gasteiger partial charge < -0.3 is 5.11 Å². The standard InChI is InChI=1S/C7H12O/c1-2-6-4-3-5-7(6)8/h2,6-8H,1,3-5H2. The van der Waals surface area contributed by atoms with Gasteiger partial charge in [0.05, 0.1) is 6.10 Å². The highest BCUT2D eigenvalue weighted by Gasteiger charge is 2.21. The van der Waals surface area contributed by atoms with Gasteiger partial charge in [0.2, 0.25) is 0 Å². The highest BCUT2D eigenvalue weighted by Crippen LogP contribution is 2.25. The number of aliphatic hydroxyl groups excluding tert-OH is 1. The summed E-state index contributed by atoms with van der Waals surface area (Å²) in [5.41, 5.74) is 0. The topological polar surface area (TPSA) is 20.2 Å². The van der Waals surface area contributed by atoms with Gasteiger partial charge in [-0.2, -0.15) is 0 Å². The van der Waals surface area contributed by atoms with E-state index in [1.165, 1.54) is 0 Å². The Hall–Kier alpha value is -0.300. The van der Waals surface area contributed by atoms with Crippen LogP contribution in [0, 0.1) is 5.92 Å². The average Bonchev–Trinajstić information content (AvgIpc) is 2.14. The Kier molecular flexibility index (Phi) is 1.69. The fourth-order valence-electron chi connectivity index (χ4n) is 1.24. The number of hydrogen-bond acceptors (Lipinski definition) is 1. The summed E-state index contributed by atoms with van der Waals surface area (Å²) in [6.07, 6.45) is 5.03. The maximum Gasteiger partial charge on any atom is 0.0602 e. The van der Waals surface area contributed by atoms with E-state index < -0.39 is 0 Å². The van der Waals surface area contributed by atoms with Crippen LogP contribution in [0.15, 0.2) is 12.7 Å². The zero-order valence-electron chi connectivity index (χ0n) is 5.01. The fraction of sp³-hybridized carbons (Fsp3) is 0.714. The zero-order valence-corrected chi connectivity index (χ0v) is 5.01. The summed E-state index contributed by atoms with van der Waals surface area (Å²) in [5.74, 6) is 0.384. The van der Waals surface area contributed by atoms with Crippen molar-refractivity contribution in [3.63, 3.8) is 0 Å². The molecule has 0 aromatic rings. The highest BCUT2D eigenvalue weighted by molar-refractivity contribution is 4.88. The number of aliphatic hydroxyl groups is 1. The summed E-state index contributed by atoms with van der Waals surface area (Å²) in [4.78, 5) is 0. The van der Waals surface area contributed by atoms with E-state index in [1.807, 2.05) is 6.08 Å². The van der Waals surface area contributed by atoms with E-state index in [4.69, 9.17) is 5.11 Å². The lowest BCUT2D eigenvalue weighted by molar-refractivity contribution is 0.153. The molecule has 0 spiro atoms. The van der Waals surface area contributed by atoms with Gasteiger partial charge in [0.15, 0.2) is 0 Å². The molecule has 0 aliphatic heterocycles. The third kappa shape index (κ3) is 0.920. The first-order chi connectivity index (χ1) is 3.84. The van der Waals surface area contributed by atoms with Crippen LogP contribution in [0.5, 0.6) is 0 Å². The molecule has 2 unspecified atom stereocenters. The fourth-order valence-corrected chi connectivity index (χ4v) is 1.24. The van der Waals surface area contributed by atoms with Crippen molar-refractivity contribution in [2.75, 3.05) is 0 Å². The Morgan fingerprint density at radius 2 is 2.25 bits per heavy atom. The van der Waals surface area contributed by atoms with E-state index in [-0.39, 0.29) is 6.10 Å². The molecule has 1 heteroatoms. The smallest absolute Gasteiger partial charge is 0.0602 e. The molecule has 0 radical (unpaired) electrons. The Balaban J connectivity index is 2.41. The van der Waals surface area contributed by atoms with Crippen molar-refractivity contribution in [2.45, 2.75) is 25.4 Å². The van der Waals surface area contributed by atoms with Crippen molar-refractivity contribution in [2.24, 2.45) is 5.92 Å². The second kappa shape index (κ2) is 2.31. The van der Waals surface area contributed by atoms with Crippen LogP contribution in [0.1, 0.15) is 19.3 Å². The van der Waals surface area contributed by atoms with Crippen LogP contribution in [0.25, 0.3) is 0 Å². The molecule has 2 atom stereocenters. The molecule has 0 heterocycles. The minimum absolute atomic E-state index is 0.0903. The van der Waals surface area contributed by atoms with Crippen molar-refractivity contribution < 1.29 is 5.11 Å². The SMILES string of the molecule is C=CC1CCCC1O. The van der Waals surface area contributed by atoms with Gasteiger partial charge in [-0.25, -0.2) is 0 Å². The van der Waals surface area contributed by atoms with Crippen molar-refractivity contribution in [1.82, 2.24) is 0 Å². The third-order valence-corrected chi connectivity index (χ3v) is 1.83. The van der Waals surface area contributed by atoms with Crippen molar-refractivity contribution in [3.8, 4) is 0 Å². The first-order valence-electron chi connectivity index (χ1n) is 3.15. The molecule has 1 aliphatic rings. The maximum absolute atomic E-state index is 9.12. The number of rotatable bonds is 1. The van der Waals surface area contributed by atoms with Crippen molar-refractivity contribution >= 4 is 0 Å². The lowest BCUT2D eigenvalue weighted by atomic mass is 10.1. The molecular weight excluding hydrogens is 100 g/mol. The molecule has 1 N–H and O–H groups in total. The molecule has 8 heavy (non-hydrogen) atoms. The Morgan fingerprint density at radius 3 is 2.50 bits per heavy atom. The average molecular weight is 112 g/mol. The molecule has 1 saturated carbocycles. The summed E-state index contributed by atoms with van der Waals surface area (Å²) >= 11 is 0. The monoisotopic (exact) mass is 112 g/mol. The second-order valence-electron chi connectivity index (χ2n) is 2.40. The van der Waals surface area contributed by atoms with Gasteiger partial charge in [0.25, 0.3) is 0 Å². The van der Waals surface area contributed by atoms with Crippen molar-refractivity contribution in [3.05, 3.63) is 12.7 Å². The van der Waals surface area contributed by atoms with Crippen LogP contribution < -0.4 is 0 Å². The van der Waals surface area contributed by atoms with Crippen LogP contribution >= 0.6 is 0 Å². The summed E-state index contributed by atoms with van der Waals surface area (Å²) < 4.78 is 0. The summed E-state index contributed by atoms with van der Waals surface area (Å²) in [5, 5.41) is 9.12. The first-order valence-corrected chi connectivity index (χ1v) is 3.15. The van der Waals surface area contributed by atoms with E-state index in [0.29, 0.717) is 5.92 Å². The minimum Gasteiger partial charge on any atom is -0.393 e. The highest BCUT2D eigenvalue weighted by atomic mass is 16.3. The third-order valence-electron chi connectivity index (χ3n) is 1.83. The largest absolute Gasteiger partial charge is 0.393 e. The summed E-state index contributed by atoms with van der Waals surface area (Å²) in [7, 11) is 0. The predicted molar refractivity (Wildman–Crippen MR) is 33.5 cm³/mol. The van der Waals surface area contributed by atoms with Crippen LogP contribution in [-0.2, 0) is 0 Å². The minimum atomic E-state index is -0.0903. The molecule has 46 valence electrons. The van der Waals surface area contributed by atoms with E-state index in [0.717, 1.165) is 19.3 Å². The maximum atomic E-state index is 9.12. The van der Waals surface area contributed by atoms with Crippen LogP contribution in [0.3, 0.4) is 0 Å². The Bertz CT molecular complexity index is 88.4. The van der Waals surface area contributed by atoms with Gasteiger partial charge in [-0.15, -0.1) is 6.58 Å². The molecule has 1 nitrogen and oxygen atoms in total. The summed E-state index contributed by atoms with van der Waals surface area (Å²) in [6, 6.07) is 0. The quantitative estimate of drug-likeness (QED) is 0.507. The second-order valence-corrected chi connectivity index (χ2v) is 2.40. The Labute approximate surface area is 50.0 Å². The van der Waals surface area contributed by atoms with Gasteiger partial charge in [0.1, 0.15) is 0 Å². The lowest BCUT2D eigenvalue weighted by Crippen LogP contribution is -2.09. The first kappa shape index (κ1) is 5.83. The lowest BCUT2D eigenvalue weighted by Gasteiger charge is -2.06.